The molecule has 3 N–H and O–H groups in total. The first kappa shape index (κ1) is 21.1. The Labute approximate surface area is 187 Å². The highest BCUT2D eigenvalue weighted by Crippen LogP contribution is 2.38. The lowest BCUT2D eigenvalue weighted by Crippen LogP contribution is -2.46. The van der Waals surface area contributed by atoms with Crippen molar-refractivity contribution in [3.8, 4) is 11.5 Å². The standard InChI is InChI=1S/C25H29N3O4/c1-28(19-11-10-18(14-19)22(30)27-25(15-29)12-13-25)24(31)17-8-6-16(7-9-17)23-26-20-4-2-3-5-21(20)32-23/h2-9,18-19,22,27,29-30H,10-15H2,1H3/t18-,19+,22?/m0/s1. The predicted octanol–water partition coefficient (Wildman–Crippen LogP) is 3.17. The van der Waals surface area contributed by atoms with Crippen molar-refractivity contribution < 1.29 is 19.4 Å². The van der Waals surface area contributed by atoms with E-state index in [0.717, 1.165) is 48.8 Å². The van der Waals surface area contributed by atoms with E-state index < -0.39 is 6.23 Å². The van der Waals surface area contributed by atoms with Gasteiger partial charge in [0.2, 0.25) is 5.89 Å². The monoisotopic (exact) mass is 435 g/mol. The molecule has 1 unspecified atom stereocenters. The Morgan fingerprint density at radius 1 is 1.22 bits per heavy atom. The topological polar surface area (TPSA) is 98.8 Å². The van der Waals surface area contributed by atoms with Crippen molar-refractivity contribution in [1.82, 2.24) is 15.2 Å². The lowest BCUT2D eigenvalue weighted by Gasteiger charge is -2.27. The molecule has 7 heteroatoms. The lowest BCUT2D eigenvalue weighted by atomic mass is 10.0. The summed E-state index contributed by atoms with van der Waals surface area (Å²) in [5.41, 5.74) is 2.69. The minimum absolute atomic E-state index is 0.0313. The average Bonchev–Trinajstić information content (AvgIpc) is 3.24. The summed E-state index contributed by atoms with van der Waals surface area (Å²) in [6, 6.07) is 15.1. The summed E-state index contributed by atoms with van der Waals surface area (Å²) in [6.45, 7) is 0.0537. The molecule has 32 heavy (non-hydrogen) atoms. The van der Waals surface area contributed by atoms with Gasteiger partial charge in [-0.2, -0.15) is 0 Å². The highest BCUT2D eigenvalue weighted by Gasteiger charge is 2.45. The maximum Gasteiger partial charge on any atom is 0.253 e. The number of aromatic nitrogens is 1. The second kappa shape index (κ2) is 8.31. The number of carbonyl (C=O) groups is 1. The van der Waals surface area contributed by atoms with E-state index >= 15 is 0 Å². The second-order valence-corrected chi connectivity index (χ2v) is 9.23. The number of hydrogen-bond donors (Lipinski definition) is 3. The van der Waals surface area contributed by atoms with Crippen molar-refractivity contribution in [2.24, 2.45) is 5.92 Å². The van der Waals surface area contributed by atoms with E-state index in [0.29, 0.717) is 11.5 Å². The molecule has 3 atom stereocenters. The number of para-hydroxylation sites is 2. The van der Waals surface area contributed by atoms with Crippen molar-refractivity contribution in [3.05, 3.63) is 54.1 Å². The molecule has 2 fully saturated rings. The fourth-order valence-corrected chi connectivity index (χ4v) is 4.68. The van der Waals surface area contributed by atoms with Gasteiger partial charge in [0.15, 0.2) is 5.58 Å². The summed E-state index contributed by atoms with van der Waals surface area (Å²) >= 11 is 0. The molecule has 168 valence electrons. The van der Waals surface area contributed by atoms with E-state index in [1.54, 1.807) is 4.90 Å². The van der Waals surface area contributed by atoms with Crippen molar-refractivity contribution in [2.45, 2.75) is 49.9 Å². The van der Waals surface area contributed by atoms with Crippen LogP contribution >= 0.6 is 0 Å². The van der Waals surface area contributed by atoms with Crippen molar-refractivity contribution in [3.63, 3.8) is 0 Å². The van der Waals surface area contributed by atoms with Gasteiger partial charge in [-0.15, -0.1) is 0 Å². The van der Waals surface area contributed by atoms with Gasteiger partial charge in [-0.1, -0.05) is 12.1 Å². The number of aliphatic hydroxyl groups is 2. The molecule has 0 spiro atoms. The van der Waals surface area contributed by atoms with Crippen LogP contribution in [0.5, 0.6) is 0 Å². The van der Waals surface area contributed by atoms with Crippen molar-refractivity contribution in [1.29, 1.82) is 0 Å². The van der Waals surface area contributed by atoms with Gasteiger partial charge in [-0.05, 0) is 68.5 Å². The van der Waals surface area contributed by atoms with Gasteiger partial charge in [-0.25, -0.2) is 4.98 Å². The first-order valence-electron chi connectivity index (χ1n) is 11.3. The molecule has 0 aliphatic heterocycles. The lowest BCUT2D eigenvalue weighted by molar-refractivity contribution is 0.0447. The van der Waals surface area contributed by atoms with Gasteiger partial charge in [0, 0.05) is 35.7 Å². The van der Waals surface area contributed by atoms with E-state index in [2.05, 4.69) is 10.3 Å². The van der Waals surface area contributed by atoms with Gasteiger partial charge < -0.3 is 19.5 Å². The van der Waals surface area contributed by atoms with E-state index in [1.807, 2.05) is 55.6 Å². The van der Waals surface area contributed by atoms with Crippen LogP contribution in [0.2, 0.25) is 0 Å². The summed E-state index contributed by atoms with van der Waals surface area (Å²) < 4.78 is 5.81. The maximum absolute atomic E-state index is 13.1. The van der Waals surface area contributed by atoms with Crippen LogP contribution in [0.25, 0.3) is 22.6 Å². The summed E-state index contributed by atoms with van der Waals surface area (Å²) in [6.07, 6.45) is 3.61. The number of oxazole rings is 1. The first-order chi connectivity index (χ1) is 15.5. The second-order valence-electron chi connectivity index (χ2n) is 9.23. The molecule has 0 bridgehead atoms. The Kier molecular flexibility index (Phi) is 5.49. The summed E-state index contributed by atoms with van der Waals surface area (Å²) in [5.74, 6) is 0.590. The van der Waals surface area contributed by atoms with E-state index in [4.69, 9.17) is 4.42 Å². The largest absolute Gasteiger partial charge is 0.436 e. The maximum atomic E-state index is 13.1. The minimum atomic E-state index is -0.645. The fourth-order valence-electron chi connectivity index (χ4n) is 4.68. The number of nitrogens with zero attached hydrogens (tertiary/aromatic N) is 2. The molecule has 0 radical (unpaired) electrons. The highest BCUT2D eigenvalue weighted by molar-refractivity contribution is 5.94. The predicted molar refractivity (Wildman–Crippen MR) is 121 cm³/mol. The Balaban J connectivity index is 1.22. The zero-order valence-electron chi connectivity index (χ0n) is 18.2. The minimum Gasteiger partial charge on any atom is -0.436 e. The van der Waals surface area contributed by atoms with Gasteiger partial charge in [0.05, 0.1) is 6.61 Å². The number of hydrogen-bond acceptors (Lipinski definition) is 6. The molecule has 5 rings (SSSR count). The number of benzene rings is 2. The molecule has 2 aromatic carbocycles. The molecular weight excluding hydrogens is 406 g/mol. The van der Waals surface area contributed by atoms with Crippen LogP contribution in [-0.4, -0.2) is 57.5 Å². The first-order valence-corrected chi connectivity index (χ1v) is 11.3. The van der Waals surface area contributed by atoms with E-state index in [1.165, 1.54) is 0 Å². The van der Waals surface area contributed by atoms with Gasteiger partial charge in [-0.3, -0.25) is 10.1 Å². The van der Waals surface area contributed by atoms with Crippen LogP contribution in [-0.2, 0) is 0 Å². The van der Waals surface area contributed by atoms with Crippen LogP contribution in [0.1, 0.15) is 42.5 Å². The molecule has 2 aliphatic rings. The number of rotatable bonds is 7. The third-order valence-electron chi connectivity index (χ3n) is 7.04. The summed E-state index contributed by atoms with van der Waals surface area (Å²) in [4.78, 5) is 19.4. The Morgan fingerprint density at radius 2 is 1.97 bits per heavy atom. The molecule has 1 heterocycles. The normalized spacial score (nSPS) is 22.7. The number of aliphatic hydroxyl groups excluding tert-OH is 2. The third kappa shape index (κ3) is 4.03. The van der Waals surface area contributed by atoms with Gasteiger partial charge in [0.25, 0.3) is 5.91 Å². The number of amides is 1. The fraction of sp³-hybridized carbons (Fsp3) is 0.440. The SMILES string of the molecule is CN(C(=O)c1ccc(-c2nc3ccccc3o2)cc1)[C@@H]1CC[C@H](C(O)NC2(CO)CC2)C1. The smallest absolute Gasteiger partial charge is 0.253 e. The highest BCUT2D eigenvalue weighted by atomic mass is 16.3. The van der Waals surface area contributed by atoms with Crippen LogP contribution < -0.4 is 5.32 Å². The van der Waals surface area contributed by atoms with E-state index in [9.17, 15) is 15.0 Å². The Hall–Kier alpha value is -2.74. The molecule has 3 aromatic rings. The molecular formula is C25H29N3O4. The van der Waals surface area contributed by atoms with Crippen molar-refractivity contribution >= 4 is 17.0 Å². The summed E-state index contributed by atoms with van der Waals surface area (Å²) in [5, 5.41) is 23.2. The van der Waals surface area contributed by atoms with Gasteiger partial charge >= 0.3 is 0 Å². The average molecular weight is 436 g/mol. The molecule has 2 aliphatic carbocycles. The van der Waals surface area contributed by atoms with Crippen LogP contribution in [0.15, 0.2) is 52.9 Å². The Bertz CT molecular complexity index is 1070. The van der Waals surface area contributed by atoms with Crippen LogP contribution in [0.3, 0.4) is 0 Å². The van der Waals surface area contributed by atoms with Crippen LogP contribution in [0, 0.1) is 5.92 Å². The number of nitrogens with one attached hydrogen (secondary N) is 1. The third-order valence-corrected chi connectivity index (χ3v) is 7.04. The molecule has 7 nitrogen and oxygen atoms in total. The van der Waals surface area contributed by atoms with Gasteiger partial charge in [0.1, 0.15) is 11.7 Å². The van der Waals surface area contributed by atoms with Crippen molar-refractivity contribution in [2.75, 3.05) is 13.7 Å². The molecule has 1 aromatic heterocycles. The number of fused-ring (bicyclic) bond motifs is 1. The Morgan fingerprint density at radius 3 is 2.66 bits per heavy atom. The molecule has 2 saturated carbocycles. The zero-order chi connectivity index (χ0) is 22.3. The quantitative estimate of drug-likeness (QED) is 0.493. The van der Waals surface area contributed by atoms with E-state index in [-0.39, 0.29) is 30.0 Å². The molecule has 0 saturated heterocycles. The molecule has 1 amide bonds. The number of carbonyl (C=O) groups excluding carboxylic acids is 1. The summed E-state index contributed by atoms with van der Waals surface area (Å²) in [7, 11) is 1.83. The van der Waals surface area contributed by atoms with Crippen LogP contribution in [0.4, 0.5) is 0 Å². The zero-order valence-corrected chi connectivity index (χ0v) is 18.2.